The molecule has 2 aromatic rings. The summed E-state index contributed by atoms with van der Waals surface area (Å²) in [5, 5.41) is 1.30. The van der Waals surface area contributed by atoms with E-state index >= 15 is 0 Å². The van der Waals surface area contributed by atoms with Gasteiger partial charge < -0.3 is 4.98 Å². The summed E-state index contributed by atoms with van der Waals surface area (Å²) in [7, 11) is 0. The van der Waals surface area contributed by atoms with Crippen LogP contribution in [0.15, 0.2) is 36.5 Å². The van der Waals surface area contributed by atoms with Crippen LogP contribution in [0, 0.1) is 0 Å². The molecule has 1 aromatic carbocycles. The molecule has 0 bridgehead atoms. The zero-order chi connectivity index (χ0) is 11.9. The molecule has 1 N–H and O–H groups in total. The largest absolute Gasteiger partial charge is 0.361 e. The number of aromatic amines is 1. The Kier molecular flexibility index (Phi) is 2.30. The van der Waals surface area contributed by atoms with Crippen LogP contribution in [0.1, 0.15) is 24.8 Å². The molecule has 92 valence electrons. The van der Waals surface area contributed by atoms with Crippen molar-refractivity contribution in [3.63, 3.8) is 0 Å². The number of hydrogen-bond donors (Lipinski definition) is 1. The van der Waals surface area contributed by atoms with Crippen LogP contribution in [0.25, 0.3) is 16.5 Å². The highest BCUT2D eigenvalue weighted by molar-refractivity contribution is 5.84. The maximum absolute atomic E-state index is 3.31. The molecule has 1 aromatic heterocycles. The zero-order valence-corrected chi connectivity index (χ0v) is 10.5. The first kappa shape index (κ1) is 10.4. The van der Waals surface area contributed by atoms with Crippen molar-refractivity contribution in [1.82, 2.24) is 9.88 Å². The fraction of sp³-hybridized carbons (Fsp3) is 0.375. The van der Waals surface area contributed by atoms with Crippen molar-refractivity contribution in [3.05, 3.63) is 42.1 Å². The van der Waals surface area contributed by atoms with Crippen LogP contribution in [0.4, 0.5) is 0 Å². The van der Waals surface area contributed by atoms with Gasteiger partial charge >= 0.3 is 0 Å². The van der Waals surface area contributed by atoms with Crippen LogP contribution in [0.2, 0.25) is 0 Å². The van der Waals surface area contributed by atoms with Crippen LogP contribution in [-0.4, -0.2) is 29.0 Å². The van der Waals surface area contributed by atoms with E-state index in [4.69, 9.17) is 0 Å². The summed E-state index contributed by atoms with van der Waals surface area (Å²) < 4.78 is 0. The molecule has 0 radical (unpaired) electrons. The van der Waals surface area contributed by atoms with Gasteiger partial charge in [-0.15, -0.1) is 0 Å². The monoisotopic (exact) mass is 238 g/mol. The van der Waals surface area contributed by atoms with Crippen molar-refractivity contribution in [2.24, 2.45) is 0 Å². The molecule has 0 amide bonds. The van der Waals surface area contributed by atoms with Gasteiger partial charge in [-0.3, -0.25) is 4.90 Å². The number of nitrogens with one attached hydrogen (secondary N) is 1. The van der Waals surface area contributed by atoms with Crippen LogP contribution < -0.4 is 0 Å². The first-order chi connectivity index (χ1) is 8.90. The molecular formula is C16H18N2. The second-order valence-electron chi connectivity index (χ2n) is 5.50. The van der Waals surface area contributed by atoms with E-state index in [9.17, 15) is 0 Å². The van der Waals surface area contributed by atoms with Gasteiger partial charge in [-0.05, 0) is 54.5 Å². The maximum Gasteiger partial charge on any atom is 0.0460 e. The van der Waals surface area contributed by atoms with Crippen molar-refractivity contribution in [2.45, 2.75) is 25.3 Å². The number of aromatic nitrogens is 1. The number of hydrogen-bond acceptors (Lipinski definition) is 1. The molecule has 1 fully saturated rings. The molecule has 4 rings (SSSR count). The Morgan fingerprint density at radius 2 is 2.22 bits per heavy atom. The van der Waals surface area contributed by atoms with E-state index < -0.39 is 0 Å². The second kappa shape index (κ2) is 3.99. The van der Waals surface area contributed by atoms with Crippen LogP contribution >= 0.6 is 0 Å². The molecule has 2 aliphatic heterocycles. The highest BCUT2D eigenvalue weighted by atomic mass is 15.2. The summed E-state index contributed by atoms with van der Waals surface area (Å²) >= 11 is 0. The van der Waals surface area contributed by atoms with E-state index in [1.165, 1.54) is 47.8 Å². The van der Waals surface area contributed by atoms with Crippen molar-refractivity contribution in [2.75, 3.05) is 13.1 Å². The molecule has 1 saturated heterocycles. The lowest BCUT2D eigenvalue weighted by Crippen LogP contribution is -2.32. The van der Waals surface area contributed by atoms with Gasteiger partial charge in [-0.2, -0.15) is 0 Å². The molecule has 0 saturated carbocycles. The minimum Gasteiger partial charge on any atom is -0.361 e. The fourth-order valence-electron chi connectivity index (χ4n) is 3.41. The lowest BCUT2D eigenvalue weighted by molar-refractivity contribution is 0.275. The van der Waals surface area contributed by atoms with Gasteiger partial charge in [0.25, 0.3) is 0 Å². The van der Waals surface area contributed by atoms with Gasteiger partial charge in [0.1, 0.15) is 0 Å². The third-order valence-electron chi connectivity index (χ3n) is 4.45. The Balaban J connectivity index is 1.69. The highest BCUT2D eigenvalue weighted by Gasteiger charge is 2.27. The normalized spacial score (nSPS) is 24.2. The third kappa shape index (κ3) is 1.60. The number of fused-ring (bicyclic) bond motifs is 2. The first-order valence-corrected chi connectivity index (χ1v) is 6.91. The second-order valence-corrected chi connectivity index (χ2v) is 5.50. The quantitative estimate of drug-likeness (QED) is 0.806. The molecule has 0 spiro atoms. The summed E-state index contributed by atoms with van der Waals surface area (Å²) in [6.07, 6.45) is 8.42. The van der Waals surface area contributed by atoms with Gasteiger partial charge in [0.05, 0.1) is 0 Å². The van der Waals surface area contributed by atoms with Gasteiger partial charge in [0.15, 0.2) is 0 Å². The van der Waals surface area contributed by atoms with Crippen molar-refractivity contribution < 1.29 is 0 Å². The van der Waals surface area contributed by atoms with E-state index in [2.05, 4.69) is 40.2 Å². The molecule has 2 aliphatic rings. The van der Waals surface area contributed by atoms with Gasteiger partial charge in [0.2, 0.25) is 0 Å². The maximum atomic E-state index is 3.31. The lowest BCUT2D eigenvalue weighted by Gasteiger charge is -2.29. The van der Waals surface area contributed by atoms with E-state index in [1.54, 1.807) is 0 Å². The lowest BCUT2D eigenvalue weighted by atomic mass is 9.94. The minimum atomic E-state index is 0.796. The molecule has 2 nitrogen and oxygen atoms in total. The standard InChI is InChI=1S/C16H18N2/c1-2-15-10-14(6-9-18(15)8-1)13-4-3-12-5-7-17-16(12)11-13/h3-7,11,15,17H,1-2,8-10H2. The Hall–Kier alpha value is -1.54. The number of nitrogens with zero attached hydrogens (tertiary/aromatic N) is 1. The Morgan fingerprint density at radius 1 is 1.22 bits per heavy atom. The summed E-state index contributed by atoms with van der Waals surface area (Å²) in [5.41, 5.74) is 4.19. The zero-order valence-electron chi connectivity index (χ0n) is 10.5. The molecule has 1 unspecified atom stereocenters. The van der Waals surface area contributed by atoms with Gasteiger partial charge in [-0.25, -0.2) is 0 Å². The highest BCUT2D eigenvalue weighted by Crippen LogP contribution is 2.32. The Morgan fingerprint density at radius 3 is 3.22 bits per heavy atom. The number of rotatable bonds is 1. The van der Waals surface area contributed by atoms with E-state index in [0.29, 0.717) is 0 Å². The molecule has 2 heteroatoms. The van der Waals surface area contributed by atoms with E-state index in [-0.39, 0.29) is 0 Å². The third-order valence-corrected chi connectivity index (χ3v) is 4.45. The number of H-pyrrole nitrogens is 1. The van der Waals surface area contributed by atoms with E-state index in [0.717, 1.165) is 12.6 Å². The molecular weight excluding hydrogens is 220 g/mol. The predicted octanol–water partition coefficient (Wildman–Crippen LogP) is 3.42. The molecule has 1 atom stereocenters. The minimum absolute atomic E-state index is 0.796. The van der Waals surface area contributed by atoms with Crippen molar-refractivity contribution in [3.8, 4) is 0 Å². The summed E-state index contributed by atoms with van der Waals surface area (Å²) in [6, 6.07) is 9.72. The van der Waals surface area contributed by atoms with Crippen molar-refractivity contribution >= 4 is 16.5 Å². The summed E-state index contributed by atoms with van der Waals surface area (Å²) in [5.74, 6) is 0. The predicted molar refractivity (Wildman–Crippen MR) is 75.5 cm³/mol. The number of benzene rings is 1. The Labute approximate surface area is 107 Å². The summed E-state index contributed by atoms with van der Waals surface area (Å²) in [6.45, 7) is 2.44. The average Bonchev–Trinajstić information content (AvgIpc) is 3.05. The topological polar surface area (TPSA) is 19.0 Å². The van der Waals surface area contributed by atoms with Crippen LogP contribution in [0.5, 0.6) is 0 Å². The molecule has 0 aliphatic carbocycles. The molecule has 3 heterocycles. The van der Waals surface area contributed by atoms with Gasteiger partial charge in [0, 0.05) is 24.3 Å². The fourth-order valence-corrected chi connectivity index (χ4v) is 3.41. The van der Waals surface area contributed by atoms with Crippen molar-refractivity contribution in [1.29, 1.82) is 0 Å². The average molecular weight is 238 g/mol. The van der Waals surface area contributed by atoms with Crippen LogP contribution in [-0.2, 0) is 0 Å². The Bertz CT molecular complexity index is 608. The smallest absolute Gasteiger partial charge is 0.0460 e. The summed E-state index contributed by atoms with van der Waals surface area (Å²) in [4.78, 5) is 5.93. The van der Waals surface area contributed by atoms with Crippen LogP contribution in [0.3, 0.4) is 0 Å². The van der Waals surface area contributed by atoms with Gasteiger partial charge in [-0.1, -0.05) is 18.2 Å². The molecule has 18 heavy (non-hydrogen) atoms. The first-order valence-electron chi connectivity index (χ1n) is 6.91. The SMILES string of the molecule is C1=C(c2ccc3cc[nH]c3c2)CC2CCCN2C1. The van der Waals surface area contributed by atoms with E-state index in [1.807, 2.05) is 6.20 Å².